The Bertz CT molecular complexity index is 1180. The summed E-state index contributed by atoms with van der Waals surface area (Å²) in [7, 11) is 0. The number of aromatic nitrogens is 3. The molecule has 0 amide bonds. The number of nitrogens with zero attached hydrogens (tertiary/aromatic N) is 5. The summed E-state index contributed by atoms with van der Waals surface area (Å²) < 4.78 is 1.60. The van der Waals surface area contributed by atoms with Crippen LogP contribution in [0, 0.1) is 6.92 Å². The molecule has 6 nitrogen and oxygen atoms in total. The van der Waals surface area contributed by atoms with Crippen LogP contribution in [0.25, 0.3) is 4.96 Å². The molecule has 0 unspecified atom stereocenters. The quantitative estimate of drug-likeness (QED) is 0.478. The maximum Gasteiger partial charge on any atom is 0.230 e. The fraction of sp³-hybridized carbons (Fsp3) is 0.360. The fourth-order valence-corrected chi connectivity index (χ4v) is 5.55. The Balaban J connectivity index is 1.42. The first kappa shape index (κ1) is 21.1. The second-order valence-corrected chi connectivity index (χ2v) is 9.49. The third kappa shape index (κ3) is 4.16. The van der Waals surface area contributed by atoms with Crippen LogP contribution >= 0.6 is 11.3 Å². The molecule has 0 radical (unpaired) electrons. The Morgan fingerprint density at radius 1 is 1.00 bits per heavy atom. The number of rotatable bonds is 6. The average Bonchev–Trinajstić information content (AvgIpc) is 3.36. The van der Waals surface area contributed by atoms with Crippen molar-refractivity contribution in [3.63, 3.8) is 0 Å². The summed E-state index contributed by atoms with van der Waals surface area (Å²) in [5.41, 5.74) is 3.79. The molecular formula is C25H29N5OS. The number of hydrogen-bond donors (Lipinski definition) is 1. The van der Waals surface area contributed by atoms with Gasteiger partial charge in [0.15, 0.2) is 5.82 Å². The van der Waals surface area contributed by atoms with Gasteiger partial charge in [-0.3, -0.25) is 9.80 Å². The van der Waals surface area contributed by atoms with E-state index in [1.54, 1.807) is 15.9 Å². The van der Waals surface area contributed by atoms with Gasteiger partial charge < -0.3 is 5.11 Å². The van der Waals surface area contributed by atoms with Crippen molar-refractivity contribution in [2.24, 2.45) is 0 Å². The zero-order valence-electron chi connectivity index (χ0n) is 18.6. The summed E-state index contributed by atoms with van der Waals surface area (Å²) >= 11 is 1.55. The molecule has 5 rings (SSSR count). The van der Waals surface area contributed by atoms with Crippen LogP contribution < -0.4 is 0 Å². The smallest absolute Gasteiger partial charge is 0.230 e. The fourth-order valence-electron chi connectivity index (χ4n) is 4.42. The molecule has 2 aromatic carbocycles. The Kier molecular flexibility index (Phi) is 5.95. The van der Waals surface area contributed by atoms with E-state index in [0.29, 0.717) is 0 Å². The van der Waals surface area contributed by atoms with E-state index in [1.165, 1.54) is 16.7 Å². The van der Waals surface area contributed by atoms with Crippen LogP contribution in [0.2, 0.25) is 0 Å². The number of aryl methyl sites for hydroxylation is 2. The molecular weight excluding hydrogens is 418 g/mol. The number of benzene rings is 2. The van der Waals surface area contributed by atoms with E-state index >= 15 is 0 Å². The van der Waals surface area contributed by atoms with Gasteiger partial charge in [-0.1, -0.05) is 78.4 Å². The Labute approximate surface area is 192 Å². The highest BCUT2D eigenvalue weighted by Gasteiger charge is 2.31. The third-order valence-corrected chi connectivity index (χ3v) is 7.29. The molecule has 0 aliphatic carbocycles. The van der Waals surface area contributed by atoms with Crippen molar-refractivity contribution in [2.45, 2.75) is 32.9 Å². The Morgan fingerprint density at radius 2 is 1.72 bits per heavy atom. The third-order valence-electron chi connectivity index (χ3n) is 6.22. The van der Waals surface area contributed by atoms with Gasteiger partial charge in [0.2, 0.25) is 10.8 Å². The lowest BCUT2D eigenvalue weighted by Gasteiger charge is -2.39. The van der Waals surface area contributed by atoms with Crippen molar-refractivity contribution < 1.29 is 5.11 Å². The van der Waals surface area contributed by atoms with E-state index < -0.39 is 0 Å². The summed E-state index contributed by atoms with van der Waals surface area (Å²) in [5.74, 6) is 0.981. The van der Waals surface area contributed by atoms with Crippen molar-refractivity contribution >= 4 is 16.3 Å². The summed E-state index contributed by atoms with van der Waals surface area (Å²) in [5, 5.41) is 15.6. The minimum Gasteiger partial charge on any atom is -0.492 e. The first-order valence-electron chi connectivity index (χ1n) is 11.3. The minimum atomic E-state index is -0.00643. The highest BCUT2D eigenvalue weighted by atomic mass is 32.1. The van der Waals surface area contributed by atoms with Crippen LogP contribution in [-0.4, -0.2) is 55.7 Å². The summed E-state index contributed by atoms with van der Waals surface area (Å²) in [6.45, 7) is 9.00. The molecule has 4 aromatic rings. The maximum atomic E-state index is 11.1. The van der Waals surface area contributed by atoms with E-state index in [4.69, 9.17) is 0 Å². The lowest BCUT2D eigenvalue weighted by atomic mass is 10.0. The van der Waals surface area contributed by atoms with Gasteiger partial charge in [0.1, 0.15) is 0 Å². The molecule has 1 aliphatic heterocycles. The zero-order valence-corrected chi connectivity index (χ0v) is 19.4. The molecule has 1 aliphatic rings. The van der Waals surface area contributed by atoms with Gasteiger partial charge in [0, 0.05) is 39.1 Å². The molecule has 1 fully saturated rings. The molecule has 1 N–H and O–H groups in total. The first-order valence-corrected chi connectivity index (χ1v) is 12.1. The van der Waals surface area contributed by atoms with E-state index in [2.05, 4.69) is 81.4 Å². The molecule has 0 spiro atoms. The monoisotopic (exact) mass is 447 g/mol. The highest BCUT2D eigenvalue weighted by molar-refractivity contribution is 7.17. The predicted octanol–water partition coefficient (Wildman–Crippen LogP) is 4.27. The molecule has 7 heteroatoms. The van der Waals surface area contributed by atoms with Gasteiger partial charge in [-0.2, -0.15) is 4.52 Å². The van der Waals surface area contributed by atoms with E-state index in [1.807, 2.05) is 6.92 Å². The number of aromatic hydroxyl groups is 1. The van der Waals surface area contributed by atoms with Gasteiger partial charge in [-0.05, 0) is 18.1 Å². The van der Waals surface area contributed by atoms with Gasteiger partial charge in [-0.15, -0.1) is 5.10 Å². The molecule has 166 valence electrons. The first-order chi connectivity index (χ1) is 15.6. The van der Waals surface area contributed by atoms with Crippen molar-refractivity contribution in [3.8, 4) is 5.88 Å². The standard InChI is InChI=1S/C25H29N5OS/c1-3-21-26-25-30(27-21)24(31)23(32-25)22(20-11-9-18(2)10-12-20)29-15-13-28(14-16-29)17-19-7-5-4-6-8-19/h4-12,22,31H,3,13-17H2,1-2H3/t22-/m1/s1. The molecule has 32 heavy (non-hydrogen) atoms. The summed E-state index contributed by atoms with van der Waals surface area (Å²) in [4.78, 5) is 11.3. The number of piperazine rings is 1. The maximum absolute atomic E-state index is 11.1. The Hall–Kier alpha value is -2.74. The van der Waals surface area contributed by atoms with Crippen molar-refractivity contribution in [1.82, 2.24) is 24.4 Å². The van der Waals surface area contributed by atoms with Crippen molar-refractivity contribution in [2.75, 3.05) is 26.2 Å². The molecule has 0 saturated carbocycles. The van der Waals surface area contributed by atoms with Crippen LogP contribution in [-0.2, 0) is 13.0 Å². The van der Waals surface area contributed by atoms with Gasteiger partial charge in [-0.25, -0.2) is 4.98 Å². The predicted molar refractivity (Wildman–Crippen MR) is 128 cm³/mol. The lowest BCUT2D eigenvalue weighted by Crippen LogP contribution is -2.47. The van der Waals surface area contributed by atoms with Crippen LogP contribution in [0.15, 0.2) is 54.6 Å². The molecule has 3 heterocycles. The Morgan fingerprint density at radius 3 is 2.38 bits per heavy atom. The highest BCUT2D eigenvalue weighted by Crippen LogP contribution is 2.40. The summed E-state index contributed by atoms with van der Waals surface area (Å²) in [6, 6.07) is 19.3. The molecule has 0 bridgehead atoms. The second kappa shape index (κ2) is 9.02. The topological polar surface area (TPSA) is 56.9 Å². The lowest BCUT2D eigenvalue weighted by molar-refractivity contribution is 0.105. The van der Waals surface area contributed by atoms with Crippen LogP contribution in [0.1, 0.15) is 40.4 Å². The van der Waals surface area contributed by atoms with Gasteiger partial charge in [0.05, 0.1) is 10.9 Å². The van der Waals surface area contributed by atoms with Crippen molar-refractivity contribution in [1.29, 1.82) is 0 Å². The van der Waals surface area contributed by atoms with E-state index in [0.717, 1.165) is 54.8 Å². The van der Waals surface area contributed by atoms with Crippen LogP contribution in [0.3, 0.4) is 0 Å². The number of thiazole rings is 1. The van der Waals surface area contributed by atoms with Crippen LogP contribution in [0.5, 0.6) is 5.88 Å². The largest absolute Gasteiger partial charge is 0.492 e. The molecule has 1 atom stereocenters. The number of hydrogen-bond acceptors (Lipinski definition) is 6. The zero-order chi connectivity index (χ0) is 22.1. The molecule has 2 aromatic heterocycles. The van der Waals surface area contributed by atoms with E-state index in [9.17, 15) is 5.11 Å². The van der Waals surface area contributed by atoms with Gasteiger partial charge in [0.25, 0.3) is 0 Å². The average molecular weight is 448 g/mol. The minimum absolute atomic E-state index is 0.00643. The van der Waals surface area contributed by atoms with Crippen LogP contribution in [0.4, 0.5) is 0 Å². The molecule has 1 saturated heterocycles. The second-order valence-electron chi connectivity index (χ2n) is 8.48. The normalized spacial score (nSPS) is 16.6. The van der Waals surface area contributed by atoms with E-state index in [-0.39, 0.29) is 11.9 Å². The number of fused-ring (bicyclic) bond motifs is 1. The SMILES string of the molecule is CCc1nc2sc([C@@H](c3ccc(C)cc3)N3CCN(Cc4ccccc4)CC3)c(O)n2n1. The van der Waals surface area contributed by atoms with Crippen molar-refractivity contribution in [3.05, 3.63) is 82.0 Å². The summed E-state index contributed by atoms with van der Waals surface area (Å²) in [6.07, 6.45) is 0.758. The van der Waals surface area contributed by atoms with Gasteiger partial charge >= 0.3 is 0 Å².